The van der Waals surface area contributed by atoms with Gasteiger partial charge < -0.3 is 5.32 Å². The number of hydrogen-bond acceptors (Lipinski definition) is 1. The number of aryl methyl sites for hydroxylation is 1. The number of nitrogens with one attached hydrogen (secondary N) is 1. The molecule has 16 heavy (non-hydrogen) atoms. The molecule has 0 bridgehead atoms. The molecule has 2 nitrogen and oxygen atoms in total. The highest BCUT2D eigenvalue weighted by Gasteiger charge is 2.22. The van der Waals surface area contributed by atoms with Crippen LogP contribution in [0.4, 0.5) is 4.39 Å². The van der Waals surface area contributed by atoms with E-state index in [9.17, 15) is 9.18 Å². The fourth-order valence-corrected chi connectivity index (χ4v) is 2.11. The molecule has 1 amide bonds. The number of carbonyl (C=O) groups excluding carboxylic acids is 1. The van der Waals surface area contributed by atoms with Crippen LogP contribution in [0.15, 0.2) is 16.6 Å². The van der Waals surface area contributed by atoms with Crippen molar-refractivity contribution < 1.29 is 9.18 Å². The van der Waals surface area contributed by atoms with Gasteiger partial charge in [-0.05, 0) is 59.3 Å². The van der Waals surface area contributed by atoms with E-state index in [-0.39, 0.29) is 11.7 Å². The minimum absolute atomic E-state index is 0.210. The van der Waals surface area contributed by atoms with Crippen molar-refractivity contribution in [1.29, 1.82) is 0 Å². The van der Waals surface area contributed by atoms with Crippen molar-refractivity contribution in [3.05, 3.63) is 33.5 Å². The summed E-state index contributed by atoms with van der Waals surface area (Å²) in [5, 5.41) is 2.81. The second kappa shape index (κ2) is 4.53. The minimum atomic E-state index is -0.347. The van der Waals surface area contributed by atoms with Crippen LogP contribution in [0.25, 0.3) is 0 Å². The van der Waals surface area contributed by atoms with E-state index >= 15 is 0 Å². The van der Waals surface area contributed by atoms with Crippen LogP contribution in [0.2, 0.25) is 0 Å². The number of rotatable bonds is 3. The van der Waals surface area contributed by atoms with Crippen LogP contribution in [-0.4, -0.2) is 12.5 Å². The monoisotopic (exact) mass is 285 g/mol. The molecule has 2 rings (SSSR count). The third kappa shape index (κ3) is 2.61. The number of hydrogen-bond donors (Lipinski definition) is 1. The van der Waals surface area contributed by atoms with Crippen LogP contribution in [0.5, 0.6) is 0 Å². The Bertz CT molecular complexity index is 429. The molecule has 1 aromatic carbocycles. The Morgan fingerprint density at radius 1 is 1.56 bits per heavy atom. The first-order valence-corrected chi connectivity index (χ1v) is 6.11. The van der Waals surface area contributed by atoms with Crippen molar-refractivity contribution in [2.45, 2.75) is 19.8 Å². The molecule has 1 N–H and O–H groups in total. The number of amides is 1. The SMILES string of the molecule is Cc1cc(Br)c(C(=O)NCC2CC2)cc1F. The predicted molar refractivity (Wildman–Crippen MR) is 63.9 cm³/mol. The van der Waals surface area contributed by atoms with Crippen molar-refractivity contribution in [2.75, 3.05) is 6.54 Å². The lowest BCUT2D eigenvalue weighted by Crippen LogP contribution is -2.26. The summed E-state index contributed by atoms with van der Waals surface area (Å²) < 4.78 is 14.0. The van der Waals surface area contributed by atoms with E-state index in [2.05, 4.69) is 21.2 Å². The van der Waals surface area contributed by atoms with Gasteiger partial charge in [-0.25, -0.2) is 4.39 Å². The fourth-order valence-electron chi connectivity index (χ4n) is 1.47. The highest BCUT2D eigenvalue weighted by molar-refractivity contribution is 9.10. The molecule has 4 heteroatoms. The van der Waals surface area contributed by atoms with E-state index in [1.807, 2.05) is 0 Å². The molecular formula is C12H13BrFNO. The molecule has 0 atom stereocenters. The highest BCUT2D eigenvalue weighted by Crippen LogP contribution is 2.28. The Labute approximate surface area is 102 Å². The zero-order valence-electron chi connectivity index (χ0n) is 9.02. The third-order valence-electron chi connectivity index (χ3n) is 2.74. The maximum atomic E-state index is 13.3. The van der Waals surface area contributed by atoms with Gasteiger partial charge in [0.15, 0.2) is 0 Å². The molecule has 1 fully saturated rings. The van der Waals surface area contributed by atoms with Gasteiger partial charge in [-0.2, -0.15) is 0 Å². The molecule has 0 heterocycles. The standard InChI is InChI=1S/C12H13BrFNO/c1-7-4-10(13)9(5-11(7)14)12(16)15-6-8-2-3-8/h4-5,8H,2-3,6H2,1H3,(H,15,16). The molecule has 0 saturated heterocycles. The van der Waals surface area contributed by atoms with E-state index in [4.69, 9.17) is 0 Å². The van der Waals surface area contributed by atoms with Crippen LogP contribution >= 0.6 is 15.9 Å². The lowest BCUT2D eigenvalue weighted by Gasteiger charge is -2.07. The van der Waals surface area contributed by atoms with Gasteiger partial charge in [0.05, 0.1) is 5.56 Å². The van der Waals surface area contributed by atoms with Gasteiger partial charge in [-0.1, -0.05) is 0 Å². The first kappa shape index (κ1) is 11.6. The zero-order chi connectivity index (χ0) is 11.7. The van der Waals surface area contributed by atoms with E-state index in [1.165, 1.54) is 18.9 Å². The van der Waals surface area contributed by atoms with E-state index in [1.54, 1.807) is 13.0 Å². The van der Waals surface area contributed by atoms with Gasteiger partial charge in [0.25, 0.3) is 5.91 Å². The fraction of sp³-hybridized carbons (Fsp3) is 0.417. The normalized spacial score (nSPS) is 14.9. The first-order chi connectivity index (χ1) is 7.58. The van der Waals surface area contributed by atoms with Crippen molar-refractivity contribution in [2.24, 2.45) is 5.92 Å². The third-order valence-corrected chi connectivity index (χ3v) is 3.40. The van der Waals surface area contributed by atoms with Gasteiger partial charge in [0, 0.05) is 11.0 Å². The Kier molecular flexibility index (Phi) is 3.28. The van der Waals surface area contributed by atoms with E-state index < -0.39 is 0 Å². The maximum absolute atomic E-state index is 13.3. The van der Waals surface area contributed by atoms with Gasteiger partial charge in [0.1, 0.15) is 5.82 Å². The highest BCUT2D eigenvalue weighted by atomic mass is 79.9. The summed E-state index contributed by atoms with van der Waals surface area (Å²) in [6, 6.07) is 2.91. The Morgan fingerprint density at radius 3 is 2.88 bits per heavy atom. The molecular weight excluding hydrogens is 273 g/mol. The summed E-state index contributed by atoms with van der Waals surface area (Å²) in [7, 11) is 0. The summed E-state index contributed by atoms with van der Waals surface area (Å²) in [4.78, 5) is 11.8. The Morgan fingerprint density at radius 2 is 2.25 bits per heavy atom. The topological polar surface area (TPSA) is 29.1 Å². The van der Waals surface area contributed by atoms with E-state index in [0.29, 0.717) is 28.1 Å². The molecule has 0 radical (unpaired) electrons. The van der Waals surface area contributed by atoms with Gasteiger partial charge in [-0.15, -0.1) is 0 Å². The lowest BCUT2D eigenvalue weighted by atomic mass is 10.1. The number of carbonyl (C=O) groups is 1. The molecule has 1 aliphatic rings. The summed E-state index contributed by atoms with van der Waals surface area (Å²) in [6.45, 7) is 2.37. The van der Waals surface area contributed by atoms with Crippen LogP contribution in [0.3, 0.4) is 0 Å². The Hall–Kier alpha value is -0.900. The smallest absolute Gasteiger partial charge is 0.252 e. The van der Waals surface area contributed by atoms with Gasteiger partial charge in [0.2, 0.25) is 0 Å². The summed E-state index contributed by atoms with van der Waals surface area (Å²) in [5.74, 6) is 0.0652. The van der Waals surface area contributed by atoms with Crippen molar-refractivity contribution in [3.63, 3.8) is 0 Å². The molecule has 1 aliphatic carbocycles. The van der Waals surface area contributed by atoms with Crippen LogP contribution in [0, 0.1) is 18.7 Å². The average Bonchev–Trinajstić information content (AvgIpc) is 3.03. The molecule has 0 unspecified atom stereocenters. The molecule has 0 aliphatic heterocycles. The van der Waals surface area contributed by atoms with Crippen LogP contribution < -0.4 is 5.32 Å². The quantitative estimate of drug-likeness (QED) is 0.909. The van der Waals surface area contributed by atoms with Crippen molar-refractivity contribution >= 4 is 21.8 Å². The number of benzene rings is 1. The van der Waals surface area contributed by atoms with Crippen LogP contribution in [-0.2, 0) is 0 Å². The second-order valence-corrected chi connectivity index (χ2v) is 5.09. The predicted octanol–water partition coefficient (Wildman–Crippen LogP) is 3.04. The molecule has 1 saturated carbocycles. The number of halogens is 2. The van der Waals surface area contributed by atoms with Crippen LogP contribution in [0.1, 0.15) is 28.8 Å². The molecule has 0 aromatic heterocycles. The van der Waals surface area contributed by atoms with Crippen molar-refractivity contribution in [1.82, 2.24) is 5.32 Å². The molecule has 0 spiro atoms. The lowest BCUT2D eigenvalue weighted by molar-refractivity contribution is 0.0950. The summed E-state index contributed by atoms with van der Waals surface area (Å²) in [5.41, 5.74) is 0.898. The van der Waals surface area contributed by atoms with Gasteiger partial charge >= 0.3 is 0 Å². The zero-order valence-corrected chi connectivity index (χ0v) is 10.6. The Balaban J connectivity index is 2.11. The minimum Gasteiger partial charge on any atom is -0.352 e. The average molecular weight is 286 g/mol. The van der Waals surface area contributed by atoms with Crippen molar-refractivity contribution in [3.8, 4) is 0 Å². The molecule has 1 aromatic rings. The van der Waals surface area contributed by atoms with E-state index in [0.717, 1.165) is 0 Å². The summed E-state index contributed by atoms with van der Waals surface area (Å²) in [6.07, 6.45) is 2.37. The van der Waals surface area contributed by atoms with Gasteiger partial charge in [-0.3, -0.25) is 4.79 Å². The first-order valence-electron chi connectivity index (χ1n) is 5.32. The second-order valence-electron chi connectivity index (χ2n) is 4.23. The largest absolute Gasteiger partial charge is 0.352 e. The summed E-state index contributed by atoms with van der Waals surface area (Å²) >= 11 is 3.28. The maximum Gasteiger partial charge on any atom is 0.252 e. The molecule has 86 valence electrons.